The Morgan fingerprint density at radius 3 is 2.26 bits per heavy atom. The second-order valence-corrected chi connectivity index (χ2v) is 11.4. The predicted molar refractivity (Wildman–Crippen MR) is 161 cm³/mol. The van der Waals surface area contributed by atoms with Gasteiger partial charge in [-0.25, -0.2) is 4.98 Å². The number of carbonyl (C=O) groups is 1. The first-order valence-electron chi connectivity index (χ1n) is 14.9. The van der Waals surface area contributed by atoms with E-state index in [0.29, 0.717) is 24.5 Å². The number of alkyl halides is 3. The minimum absolute atomic E-state index is 0.0213. The number of nitrogens with one attached hydrogen (secondary N) is 1. The lowest BCUT2D eigenvalue weighted by Crippen LogP contribution is -2.44. The topological polar surface area (TPSA) is 57.7 Å². The third-order valence-corrected chi connectivity index (χ3v) is 8.42. The lowest BCUT2D eigenvalue weighted by Gasteiger charge is -2.33. The summed E-state index contributed by atoms with van der Waals surface area (Å²) in [5, 5.41) is 5.65. The van der Waals surface area contributed by atoms with Crippen molar-refractivity contribution in [2.24, 2.45) is 0 Å². The molecule has 6 rings (SSSR count). The number of aromatic nitrogens is 1. The zero-order chi connectivity index (χ0) is 29.8. The van der Waals surface area contributed by atoms with E-state index in [1.54, 1.807) is 18.3 Å². The fraction of sp³-hybridized carbons (Fsp3) is 0.353. The molecular weight excluding hydrogens is 553 g/mol. The molecule has 0 bridgehead atoms. The number of halogens is 3. The van der Waals surface area contributed by atoms with Crippen molar-refractivity contribution < 1.29 is 22.7 Å². The van der Waals surface area contributed by atoms with Crippen LogP contribution in [0, 0.1) is 0 Å². The maximum atomic E-state index is 12.9. The zero-order valence-electron chi connectivity index (χ0n) is 23.9. The lowest BCUT2D eigenvalue weighted by atomic mass is 10.0. The molecule has 0 saturated carbocycles. The van der Waals surface area contributed by atoms with Crippen LogP contribution in [0.1, 0.15) is 47.3 Å². The Bertz CT molecular complexity index is 1530. The Kier molecular flexibility index (Phi) is 8.51. The smallest absolute Gasteiger partial charge is 0.416 e. The number of anilines is 1. The minimum Gasteiger partial charge on any atom is -0.489 e. The quantitative estimate of drug-likeness (QED) is 0.261. The highest BCUT2D eigenvalue weighted by molar-refractivity contribution is 5.92. The van der Waals surface area contributed by atoms with E-state index in [4.69, 9.17) is 4.74 Å². The van der Waals surface area contributed by atoms with Crippen molar-refractivity contribution >= 4 is 22.4 Å². The maximum absolute atomic E-state index is 12.9. The van der Waals surface area contributed by atoms with Crippen LogP contribution in [0.4, 0.5) is 18.9 Å². The number of amides is 1. The molecule has 0 unspecified atom stereocenters. The van der Waals surface area contributed by atoms with Crippen molar-refractivity contribution in [1.82, 2.24) is 15.2 Å². The van der Waals surface area contributed by atoms with Crippen LogP contribution in [0.3, 0.4) is 0 Å². The number of hydrogen-bond donors (Lipinski definition) is 1. The fourth-order valence-electron chi connectivity index (χ4n) is 5.96. The van der Waals surface area contributed by atoms with Crippen LogP contribution < -0.4 is 15.0 Å². The number of nitrogens with zero attached hydrogens (tertiary/aromatic N) is 3. The number of pyridine rings is 1. The normalized spacial score (nSPS) is 17.2. The summed E-state index contributed by atoms with van der Waals surface area (Å²) in [6.45, 7) is 4.13. The average molecular weight is 589 g/mol. The van der Waals surface area contributed by atoms with Crippen molar-refractivity contribution in [3.05, 3.63) is 102 Å². The minimum atomic E-state index is -4.33. The fourth-order valence-corrected chi connectivity index (χ4v) is 5.96. The number of rotatable bonds is 7. The Balaban J connectivity index is 0.930. The van der Waals surface area contributed by atoms with E-state index in [1.165, 1.54) is 28.5 Å². The Hall–Kier alpha value is -4.11. The SMILES string of the molecule is O=C(NC1CCN(Cc2ccc3ccccc3c2)CC1)c1ccc(OC2CCN(c3ccc(C(F)(F)F)cc3)CC2)cn1. The Labute approximate surface area is 249 Å². The summed E-state index contributed by atoms with van der Waals surface area (Å²) in [5.74, 6) is 0.427. The molecule has 1 N–H and O–H groups in total. The molecule has 2 aliphatic heterocycles. The zero-order valence-corrected chi connectivity index (χ0v) is 23.9. The van der Waals surface area contributed by atoms with Crippen LogP contribution in [-0.4, -0.2) is 54.1 Å². The molecule has 3 aromatic carbocycles. The van der Waals surface area contributed by atoms with Crippen molar-refractivity contribution in [1.29, 1.82) is 0 Å². The summed E-state index contributed by atoms with van der Waals surface area (Å²) in [6.07, 6.45) is 0.500. The van der Waals surface area contributed by atoms with Gasteiger partial charge in [0.25, 0.3) is 5.91 Å². The number of fused-ring (bicyclic) bond motifs is 1. The highest BCUT2D eigenvalue weighted by Gasteiger charge is 2.30. The molecule has 0 atom stereocenters. The van der Waals surface area contributed by atoms with Gasteiger partial charge < -0.3 is 15.0 Å². The molecule has 2 saturated heterocycles. The second-order valence-electron chi connectivity index (χ2n) is 11.4. The van der Waals surface area contributed by atoms with Gasteiger partial charge in [0.1, 0.15) is 17.5 Å². The molecule has 1 amide bonds. The van der Waals surface area contributed by atoms with E-state index >= 15 is 0 Å². The number of likely N-dealkylation sites (tertiary alicyclic amines) is 1. The van der Waals surface area contributed by atoms with Crippen LogP contribution >= 0.6 is 0 Å². The number of benzene rings is 3. The third kappa shape index (κ3) is 7.28. The number of carbonyl (C=O) groups excluding carboxylic acids is 1. The van der Waals surface area contributed by atoms with Gasteiger partial charge in [0, 0.05) is 57.3 Å². The molecule has 3 heterocycles. The molecule has 0 spiro atoms. The van der Waals surface area contributed by atoms with E-state index in [2.05, 4.69) is 62.6 Å². The number of hydrogen-bond acceptors (Lipinski definition) is 5. The summed E-state index contributed by atoms with van der Waals surface area (Å²) in [7, 11) is 0. The van der Waals surface area contributed by atoms with E-state index < -0.39 is 11.7 Å². The molecule has 0 aliphatic carbocycles. The first kappa shape index (κ1) is 29.0. The second kappa shape index (κ2) is 12.6. The molecular formula is C34H35F3N4O2. The highest BCUT2D eigenvalue weighted by atomic mass is 19.4. The predicted octanol–water partition coefficient (Wildman–Crippen LogP) is 6.70. The summed E-state index contributed by atoms with van der Waals surface area (Å²) in [6, 6.07) is 23.9. The van der Waals surface area contributed by atoms with Gasteiger partial charge in [0.2, 0.25) is 0 Å². The van der Waals surface area contributed by atoms with Gasteiger partial charge in [0.05, 0.1) is 11.8 Å². The van der Waals surface area contributed by atoms with Crippen LogP contribution in [0.2, 0.25) is 0 Å². The molecule has 43 heavy (non-hydrogen) atoms. The molecule has 0 radical (unpaired) electrons. The van der Waals surface area contributed by atoms with E-state index in [9.17, 15) is 18.0 Å². The van der Waals surface area contributed by atoms with Crippen LogP contribution in [0.25, 0.3) is 10.8 Å². The molecule has 224 valence electrons. The van der Waals surface area contributed by atoms with Gasteiger partial charge in [-0.05, 0) is 71.6 Å². The third-order valence-electron chi connectivity index (χ3n) is 8.42. The highest BCUT2D eigenvalue weighted by Crippen LogP contribution is 2.31. The van der Waals surface area contributed by atoms with Crippen molar-refractivity contribution in [3.63, 3.8) is 0 Å². The van der Waals surface area contributed by atoms with Gasteiger partial charge in [-0.3, -0.25) is 9.69 Å². The van der Waals surface area contributed by atoms with Gasteiger partial charge in [-0.2, -0.15) is 13.2 Å². The summed E-state index contributed by atoms with van der Waals surface area (Å²) in [4.78, 5) is 21.7. The Morgan fingerprint density at radius 2 is 1.58 bits per heavy atom. The van der Waals surface area contributed by atoms with Gasteiger partial charge in [0.15, 0.2) is 0 Å². The van der Waals surface area contributed by atoms with E-state index in [0.717, 1.165) is 63.1 Å². The standard InChI is InChI=1S/C34H35F3N4O2/c35-34(36,37)27-7-9-29(10-8-27)41-19-15-30(16-20-41)43-31-11-12-32(38-22-31)33(42)39-28-13-17-40(18-14-28)23-24-5-6-25-3-1-2-4-26(25)21-24/h1-12,21-22,28,30H,13-20,23H2,(H,39,42). The molecule has 1 aromatic heterocycles. The first-order valence-corrected chi connectivity index (χ1v) is 14.9. The van der Waals surface area contributed by atoms with Crippen molar-refractivity contribution in [2.45, 2.75) is 50.6 Å². The molecule has 4 aromatic rings. The van der Waals surface area contributed by atoms with Crippen LogP contribution in [0.5, 0.6) is 5.75 Å². The molecule has 2 aliphatic rings. The first-order chi connectivity index (χ1) is 20.8. The number of piperidine rings is 2. The van der Waals surface area contributed by atoms with E-state index in [-0.39, 0.29) is 18.1 Å². The Morgan fingerprint density at radius 1 is 0.860 bits per heavy atom. The van der Waals surface area contributed by atoms with Gasteiger partial charge in [-0.15, -0.1) is 0 Å². The van der Waals surface area contributed by atoms with Crippen LogP contribution in [0.15, 0.2) is 85.1 Å². The number of ether oxygens (including phenoxy) is 1. The monoisotopic (exact) mass is 588 g/mol. The summed E-state index contributed by atoms with van der Waals surface area (Å²) in [5.41, 5.74) is 1.80. The largest absolute Gasteiger partial charge is 0.489 e. The molecule has 9 heteroatoms. The van der Waals surface area contributed by atoms with Crippen molar-refractivity contribution in [2.75, 3.05) is 31.1 Å². The summed E-state index contributed by atoms with van der Waals surface area (Å²) >= 11 is 0. The molecule has 2 fully saturated rings. The van der Waals surface area contributed by atoms with Gasteiger partial charge >= 0.3 is 6.18 Å². The van der Waals surface area contributed by atoms with Crippen molar-refractivity contribution in [3.8, 4) is 5.75 Å². The average Bonchev–Trinajstić information content (AvgIpc) is 3.02. The lowest BCUT2D eigenvalue weighted by molar-refractivity contribution is -0.137. The van der Waals surface area contributed by atoms with Gasteiger partial charge in [-0.1, -0.05) is 36.4 Å². The van der Waals surface area contributed by atoms with Crippen LogP contribution in [-0.2, 0) is 12.7 Å². The maximum Gasteiger partial charge on any atom is 0.416 e. The summed E-state index contributed by atoms with van der Waals surface area (Å²) < 4.78 is 44.6. The molecule has 6 nitrogen and oxygen atoms in total. The van der Waals surface area contributed by atoms with E-state index in [1.807, 2.05) is 0 Å².